The molecule has 28 heavy (non-hydrogen) atoms. The zero-order valence-electron chi connectivity index (χ0n) is 14.8. The molecule has 0 saturated heterocycles. The molecule has 0 radical (unpaired) electrons. The molecule has 1 aromatic carbocycles. The third kappa shape index (κ3) is 2.94. The van der Waals surface area contributed by atoms with Gasteiger partial charge in [0.25, 0.3) is 11.8 Å². The summed E-state index contributed by atoms with van der Waals surface area (Å²) in [7, 11) is 1.47. The topological polar surface area (TPSA) is 121 Å². The number of para-hydroxylation sites is 1. The minimum Gasteiger partial charge on any atom is -0.489 e. The zero-order valence-corrected chi connectivity index (χ0v) is 15.6. The largest absolute Gasteiger partial charge is 0.489 e. The number of amides is 2. The van der Waals surface area contributed by atoms with E-state index in [0.29, 0.717) is 16.5 Å². The molecule has 0 fully saturated rings. The van der Waals surface area contributed by atoms with Crippen LogP contribution in [0.2, 0.25) is 5.02 Å². The Balaban J connectivity index is 1.70. The highest BCUT2D eigenvalue weighted by atomic mass is 35.5. The summed E-state index contributed by atoms with van der Waals surface area (Å²) in [6.07, 6.45) is 1.42. The van der Waals surface area contributed by atoms with Crippen molar-refractivity contribution in [2.75, 3.05) is 13.7 Å². The van der Waals surface area contributed by atoms with Crippen molar-refractivity contribution in [3.05, 3.63) is 58.0 Å². The number of nitrogens with zero attached hydrogens (tertiary/aromatic N) is 3. The Kier molecular flexibility index (Phi) is 4.62. The molecule has 144 valence electrons. The van der Waals surface area contributed by atoms with E-state index in [1.165, 1.54) is 23.9 Å². The maximum Gasteiger partial charge on any atom is 0.270 e. The number of nitrogens with two attached hydrogens (primary N) is 1. The van der Waals surface area contributed by atoms with Crippen molar-refractivity contribution in [1.82, 2.24) is 19.9 Å². The van der Waals surface area contributed by atoms with Gasteiger partial charge in [-0.1, -0.05) is 23.7 Å². The second-order valence-electron chi connectivity index (χ2n) is 6.18. The molecule has 3 aromatic rings. The summed E-state index contributed by atoms with van der Waals surface area (Å²) in [4.78, 5) is 28.9. The van der Waals surface area contributed by atoms with Crippen molar-refractivity contribution >= 4 is 29.1 Å². The van der Waals surface area contributed by atoms with Gasteiger partial charge >= 0.3 is 0 Å². The Bertz CT molecular complexity index is 1100. The lowest BCUT2D eigenvalue weighted by molar-refractivity contribution is 0.0921. The van der Waals surface area contributed by atoms with E-state index < -0.39 is 11.8 Å². The average molecular weight is 402 g/mol. The maximum atomic E-state index is 12.9. The number of hydrogen-bond donors (Lipinski definition) is 2. The summed E-state index contributed by atoms with van der Waals surface area (Å²) in [5.74, 6) is -0.539. The van der Waals surface area contributed by atoms with Crippen LogP contribution in [0.15, 0.2) is 30.5 Å². The minimum absolute atomic E-state index is 0.0605. The quantitative estimate of drug-likeness (QED) is 0.668. The molecule has 1 atom stereocenters. The van der Waals surface area contributed by atoms with Crippen molar-refractivity contribution < 1.29 is 19.1 Å². The molecule has 0 saturated carbocycles. The molecule has 4 rings (SSSR count). The molecule has 2 amide bonds. The number of aromatic nitrogens is 3. The first-order chi connectivity index (χ1) is 13.5. The van der Waals surface area contributed by atoms with Crippen LogP contribution >= 0.6 is 11.6 Å². The molecule has 9 nitrogen and oxygen atoms in total. The fraction of sp³-hybridized carbons (Fsp3) is 0.222. The van der Waals surface area contributed by atoms with Crippen molar-refractivity contribution in [3.63, 3.8) is 0 Å². The van der Waals surface area contributed by atoms with Gasteiger partial charge in [0.2, 0.25) is 0 Å². The van der Waals surface area contributed by atoms with Gasteiger partial charge in [0.1, 0.15) is 29.3 Å². The van der Waals surface area contributed by atoms with Crippen LogP contribution in [0.1, 0.15) is 38.1 Å². The summed E-state index contributed by atoms with van der Waals surface area (Å²) >= 11 is 6.13. The van der Waals surface area contributed by atoms with Crippen molar-refractivity contribution in [1.29, 1.82) is 0 Å². The second kappa shape index (κ2) is 7.10. The van der Waals surface area contributed by atoms with Gasteiger partial charge in [-0.2, -0.15) is 5.10 Å². The fourth-order valence-corrected chi connectivity index (χ4v) is 3.45. The van der Waals surface area contributed by atoms with Gasteiger partial charge in [0.05, 0.1) is 17.7 Å². The van der Waals surface area contributed by atoms with E-state index in [1.54, 1.807) is 12.1 Å². The number of carbonyl (C=O) groups excluding carboxylic acids is 2. The first-order valence-electron chi connectivity index (χ1n) is 8.38. The number of rotatable bonds is 5. The maximum absolute atomic E-state index is 12.9. The number of hydrogen-bond acceptors (Lipinski definition) is 6. The molecular weight excluding hydrogens is 386 g/mol. The van der Waals surface area contributed by atoms with Crippen LogP contribution in [0.3, 0.4) is 0 Å². The number of fused-ring (bicyclic) bond motifs is 2. The van der Waals surface area contributed by atoms with Crippen LogP contribution in [0.5, 0.6) is 5.75 Å². The summed E-state index contributed by atoms with van der Waals surface area (Å²) in [6, 6.07) is 6.50. The normalized spacial score (nSPS) is 15.3. The van der Waals surface area contributed by atoms with Gasteiger partial charge in [-0.15, -0.1) is 0 Å². The molecule has 3 N–H and O–H groups in total. The molecule has 1 aliphatic rings. The predicted molar refractivity (Wildman–Crippen MR) is 99.4 cm³/mol. The number of methoxy groups -OCH3 is 1. The van der Waals surface area contributed by atoms with Crippen LogP contribution in [0, 0.1) is 0 Å². The van der Waals surface area contributed by atoms with Crippen LogP contribution < -0.4 is 15.8 Å². The monoisotopic (exact) mass is 401 g/mol. The highest BCUT2D eigenvalue weighted by molar-refractivity contribution is 6.32. The molecule has 10 heteroatoms. The smallest absolute Gasteiger partial charge is 0.270 e. The molecule has 0 spiro atoms. The summed E-state index contributed by atoms with van der Waals surface area (Å²) in [5.41, 5.74) is 7.08. The third-order valence-electron chi connectivity index (χ3n) is 4.42. The van der Waals surface area contributed by atoms with Gasteiger partial charge in [-0.3, -0.25) is 9.59 Å². The fourth-order valence-electron chi connectivity index (χ4n) is 3.21. The first kappa shape index (κ1) is 18.2. The number of primary amides is 1. The van der Waals surface area contributed by atoms with Crippen molar-refractivity contribution in [3.8, 4) is 5.75 Å². The first-order valence-corrected chi connectivity index (χ1v) is 8.76. The number of nitrogens with one attached hydrogen (secondary N) is 1. The third-order valence-corrected chi connectivity index (χ3v) is 4.72. The molecular formula is C18H16ClN5O4. The van der Waals surface area contributed by atoms with Gasteiger partial charge in [-0.25, -0.2) is 9.50 Å². The summed E-state index contributed by atoms with van der Waals surface area (Å²) in [5, 5.41) is 7.68. The lowest BCUT2D eigenvalue weighted by Gasteiger charge is -2.12. The van der Waals surface area contributed by atoms with E-state index >= 15 is 0 Å². The highest BCUT2D eigenvalue weighted by Gasteiger charge is 2.29. The van der Waals surface area contributed by atoms with Crippen LogP contribution in [-0.2, 0) is 11.3 Å². The predicted octanol–water partition coefficient (Wildman–Crippen LogP) is 1.49. The van der Waals surface area contributed by atoms with E-state index in [-0.39, 0.29) is 36.2 Å². The minimum atomic E-state index is -0.695. The molecule has 0 unspecified atom stereocenters. The van der Waals surface area contributed by atoms with Gasteiger partial charge in [-0.05, 0) is 12.1 Å². The SMILES string of the molecule is COCc1nn2c(C(=O)N[C@H]3COc4c(Cl)cccc43)ccnc2c1C(N)=O. The molecule has 2 aromatic heterocycles. The molecule has 0 aliphatic carbocycles. The summed E-state index contributed by atoms with van der Waals surface area (Å²) < 4.78 is 11.9. The van der Waals surface area contributed by atoms with E-state index in [2.05, 4.69) is 15.4 Å². The lowest BCUT2D eigenvalue weighted by atomic mass is 10.1. The standard InChI is InChI=1S/C18H16ClN5O4/c1-27-7-12-14(16(20)25)17-21-6-5-13(24(17)23-12)18(26)22-11-8-28-15-9(11)3-2-4-10(15)19/h2-6,11H,7-8H2,1H3,(H2,20,25)(H,22,26)/t11-/m0/s1. The Morgan fingerprint density at radius 2 is 2.25 bits per heavy atom. The second-order valence-corrected chi connectivity index (χ2v) is 6.59. The number of ether oxygens (including phenoxy) is 2. The van der Waals surface area contributed by atoms with E-state index in [0.717, 1.165) is 5.56 Å². The van der Waals surface area contributed by atoms with Crippen molar-refractivity contribution in [2.24, 2.45) is 5.73 Å². The lowest BCUT2D eigenvalue weighted by Crippen LogP contribution is -2.31. The highest BCUT2D eigenvalue weighted by Crippen LogP contribution is 2.38. The van der Waals surface area contributed by atoms with E-state index in [1.807, 2.05) is 6.07 Å². The Morgan fingerprint density at radius 1 is 1.43 bits per heavy atom. The summed E-state index contributed by atoms with van der Waals surface area (Å²) in [6.45, 7) is 0.324. The molecule has 0 bridgehead atoms. The van der Waals surface area contributed by atoms with Gasteiger partial charge < -0.3 is 20.5 Å². The average Bonchev–Trinajstić information content (AvgIpc) is 3.24. The zero-order chi connectivity index (χ0) is 19.8. The number of carbonyl (C=O) groups is 2. The molecule has 1 aliphatic heterocycles. The van der Waals surface area contributed by atoms with Gasteiger partial charge in [0.15, 0.2) is 5.65 Å². The van der Waals surface area contributed by atoms with E-state index in [4.69, 9.17) is 26.8 Å². The Morgan fingerprint density at radius 3 is 3.00 bits per heavy atom. The number of benzene rings is 1. The van der Waals surface area contributed by atoms with E-state index in [9.17, 15) is 9.59 Å². The van der Waals surface area contributed by atoms with Crippen LogP contribution in [-0.4, -0.2) is 40.1 Å². The molecule has 3 heterocycles. The van der Waals surface area contributed by atoms with Crippen molar-refractivity contribution in [2.45, 2.75) is 12.6 Å². The number of halogens is 1. The Hall–Kier alpha value is -3.17. The van der Waals surface area contributed by atoms with Crippen LogP contribution in [0.4, 0.5) is 0 Å². The van der Waals surface area contributed by atoms with Crippen LogP contribution in [0.25, 0.3) is 5.65 Å². The Labute approximate surface area is 164 Å². The van der Waals surface area contributed by atoms with Gasteiger partial charge in [0, 0.05) is 18.9 Å².